The van der Waals surface area contributed by atoms with E-state index in [1.165, 1.54) is 0 Å². The number of fused-ring (bicyclic) bond motifs is 1. The molecule has 3 rings (SSSR count). The number of para-hydroxylation sites is 2. The average Bonchev–Trinajstić information content (AvgIpc) is 2.77. The molecule has 2 heterocycles. The highest BCUT2D eigenvalue weighted by Gasteiger charge is 2.22. The van der Waals surface area contributed by atoms with E-state index in [2.05, 4.69) is 26.7 Å². The minimum absolute atomic E-state index is 0.0319. The van der Waals surface area contributed by atoms with E-state index in [9.17, 15) is 0 Å². The van der Waals surface area contributed by atoms with Crippen LogP contribution >= 0.6 is 0 Å². The number of nitrogens with zero attached hydrogens (tertiary/aromatic N) is 3. The molecule has 0 saturated carbocycles. The van der Waals surface area contributed by atoms with Gasteiger partial charge in [0.05, 0.1) is 17.1 Å². The molecule has 0 bridgehead atoms. The normalized spacial score (nSPS) is 14.3. The Hall–Kier alpha value is -2.20. The summed E-state index contributed by atoms with van der Waals surface area (Å²) in [5, 5.41) is 0. The number of aromatic nitrogens is 3. The van der Waals surface area contributed by atoms with Gasteiger partial charge in [-0.1, -0.05) is 18.2 Å². The summed E-state index contributed by atoms with van der Waals surface area (Å²) in [4.78, 5) is 8.85. The molecule has 3 aromatic rings. The van der Waals surface area contributed by atoms with Crippen LogP contribution in [0.15, 0.2) is 48.8 Å². The second-order valence-electron chi connectivity index (χ2n) is 5.11. The second kappa shape index (κ2) is 5.06. The lowest BCUT2D eigenvalue weighted by Crippen LogP contribution is -2.31. The van der Waals surface area contributed by atoms with Crippen LogP contribution in [0.1, 0.15) is 24.4 Å². The van der Waals surface area contributed by atoms with Crippen LogP contribution in [0.5, 0.6) is 0 Å². The van der Waals surface area contributed by atoms with E-state index in [-0.39, 0.29) is 12.1 Å². The third-order valence-corrected chi connectivity index (χ3v) is 3.57. The summed E-state index contributed by atoms with van der Waals surface area (Å²) in [7, 11) is 0. The van der Waals surface area contributed by atoms with Gasteiger partial charge in [-0.05, 0) is 37.6 Å². The first-order valence-electron chi connectivity index (χ1n) is 6.77. The van der Waals surface area contributed by atoms with Gasteiger partial charge in [0, 0.05) is 18.4 Å². The number of aryl methyl sites for hydroxylation is 1. The van der Waals surface area contributed by atoms with E-state index in [1.807, 2.05) is 44.3 Å². The summed E-state index contributed by atoms with van der Waals surface area (Å²) in [6.45, 7) is 4.04. The molecule has 2 unspecified atom stereocenters. The SMILES string of the molecule is Cc1nc2ccccc2n1C(c1cccnc1)C(C)N. The molecule has 4 nitrogen and oxygen atoms in total. The van der Waals surface area contributed by atoms with Gasteiger partial charge in [0.25, 0.3) is 0 Å². The lowest BCUT2D eigenvalue weighted by atomic mass is 10.0. The Bertz CT molecular complexity index is 716. The molecule has 0 radical (unpaired) electrons. The van der Waals surface area contributed by atoms with Crippen molar-refractivity contribution in [1.29, 1.82) is 0 Å². The summed E-state index contributed by atoms with van der Waals surface area (Å²) in [6.07, 6.45) is 3.66. The Morgan fingerprint density at radius 2 is 1.95 bits per heavy atom. The lowest BCUT2D eigenvalue weighted by Gasteiger charge is -2.24. The highest BCUT2D eigenvalue weighted by Crippen LogP contribution is 2.27. The molecule has 0 aliphatic rings. The Morgan fingerprint density at radius 3 is 2.65 bits per heavy atom. The monoisotopic (exact) mass is 266 g/mol. The zero-order valence-corrected chi connectivity index (χ0v) is 11.7. The minimum atomic E-state index is -0.0319. The van der Waals surface area contributed by atoms with Crippen molar-refractivity contribution >= 4 is 11.0 Å². The lowest BCUT2D eigenvalue weighted by molar-refractivity contribution is 0.496. The first kappa shape index (κ1) is 12.8. The van der Waals surface area contributed by atoms with E-state index in [0.29, 0.717) is 0 Å². The number of benzene rings is 1. The second-order valence-corrected chi connectivity index (χ2v) is 5.11. The first-order chi connectivity index (χ1) is 9.68. The van der Waals surface area contributed by atoms with Crippen LogP contribution in [0.3, 0.4) is 0 Å². The van der Waals surface area contributed by atoms with E-state index in [0.717, 1.165) is 22.4 Å². The molecular weight excluding hydrogens is 248 g/mol. The zero-order chi connectivity index (χ0) is 14.1. The predicted molar refractivity (Wildman–Crippen MR) is 80.5 cm³/mol. The van der Waals surface area contributed by atoms with E-state index < -0.39 is 0 Å². The van der Waals surface area contributed by atoms with Crippen LogP contribution in [0, 0.1) is 6.92 Å². The van der Waals surface area contributed by atoms with Crippen molar-refractivity contribution in [3.05, 3.63) is 60.2 Å². The number of imidazole rings is 1. The van der Waals surface area contributed by atoms with E-state index in [4.69, 9.17) is 5.73 Å². The molecule has 102 valence electrons. The maximum Gasteiger partial charge on any atom is 0.107 e. The third-order valence-electron chi connectivity index (χ3n) is 3.57. The van der Waals surface area contributed by atoms with Gasteiger partial charge in [-0.25, -0.2) is 4.98 Å². The summed E-state index contributed by atoms with van der Waals surface area (Å²) in [5.74, 6) is 0.970. The fourth-order valence-electron chi connectivity index (χ4n) is 2.75. The van der Waals surface area contributed by atoms with Crippen molar-refractivity contribution in [2.45, 2.75) is 25.9 Å². The molecule has 2 aromatic heterocycles. The number of hydrogen-bond donors (Lipinski definition) is 1. The molecule has 0 aliphatic heterocycles. The van der Waals surface area contributed by atoms with Crippen LogP contribution in [-0.2, 0) is 0 Å². The summed E-state index contributed by atoms with van der Waals surface area (Å²) in [5.41, 5.74) is 9.46. The number of nitrogens with two attached hydrogens (primary N) is 1. The van der Waals surface area contributed by atoms with Crippen molar-refractivity contribution < 1.29 is 0 Å². The first-order valence-corrected chi connectivity index (χ1v) is 6.77. The van der Waals surface area contributed by atoms with Crippen molar-refractivity contribution in [3.63, 3.8) is 0 Å². The molecule has 0 aliphatic carbocycles. The molecule has 20 heavy (non-hydrogen) atoms. The average molecular weight is 266 g/mol. The number of rotatable bonds is 3. The Balaban J connectivity index is 2.23. The Labute approximate surface area is 118 Å². The van der Waals surface area contributed by atoms with E-state index >= 15 is 0 Å². The van der Waals surface area contributed by atoms with Crippen LogP contribution in [0.4, 0.5) is 0 Å². The van der Waals surface area contributed by atoms with Crippen LogP contribution < -0.4 is 5.73 Å². The van der Waals surface area contributed by atoms with Crippen LogP contribution in [0.2, 0.25) is 0 Å². The standard InChI is InChI=1S/C16H18N4/c1-11(17)16(13-6-5-9-18-10-13)20-12(2)19-14-7-3-4-8-15(14)20/h3-11,16H,17H2,1-2H3. The third kappa shape index (κ3) is 2.08. The molecule has 2 N–H and O–H groups in total. The van der Waals surface area contributed by atoms with Gasteiger partial charge in [0.15, 0.2) is 0 Å². The summed E-state index contributed by atoms with van der Waals surface area (Å²) in [6, 6.07) is 12.2. The molecule has 4 heteroatoms. The molecule has 0 fully saturated rings. The molecule has 0 amide bonds. The van der Waals surface area contributed by atoms with Crippen molar-refractivity contribution in [1.82, 2.24) is 14.5 Å². The highest BCUT2D eigenvalue weighted by molar-refractivity contribution is 5.76. The van der Waals surface area contributed by atoms with Gasteiger partial charge >= 0.3 is 0 Å². The zero-order valence-electron chi connectivity index (χ0n) is 11.7. The molecule has 0 saturated heterocycles. The molecular formula is C16H18N4. The largest absolute Gasteiger partial charge is 0.326 e. The minimum Gasteiger partial charge on any atom is -0.326 e. The summed E-state index contributed by atoms with van der Waals surface area (Å²) >= 11 is 0. The van der Waals surface area contributed by atoms with Crippen molar-refractivity contribution in [2.24, 2.45) is 5.73 Å². The van der Waals surface area contributed by atoms with Crippen LogP contribution in [-0.4, -0.2) is 20.6 Å². The Kier molecular flexibility index (Phi) is 3.24. The van der Waals surface area contributed by atoms with Gasteiger partial charge in [0.1, 0.15) is 5.82 Å². The maximum absolute atomic E-state index is 6.24. The molecule has 2 atom stereocenters. The van der Waals surface area contributed by atoms with Crippen molar-refractivity contribution in [2.75, 3.05) is 0 Å². The van der Waals surface area contributed by atoms with Crippen LogP contribution in [0.25, 0.3) is 11.0 Å². The van der Waals surface area contributed by atoms with Gasteiger partial charge in [-0.15, -0.1) is 0 Å². The molecule has 0 spiro atoms. The predicted octanol–water partition coefficient (Wildman–Crippen LogP) is 2.68. The van der Waals surface area contributed by atoms with E-state index in [1.54, 1.807) is 6.20 Å². The number of hydrogen-bond acceptors (Lipinski definition) is 3. The summed E-state index contributed by atoms with van der Waals surface area (Å²) < 4.78 is 2.21. The van der Waals surface area contributed by atoms with Crippen molar-refractivity contribution in [3.8, 4) is 0 Å². The maximum atomic E-state index is 6.24. The highest BCUT2D eigenvalue weighted by atomic mass is 15.1. The fourth-order valence-corrected chi connectivity index (χ4v) is 2.75. The van der Waals surface area contributed by atoms with Gasteiger partial charge in [-0.3, -0.25) is 4.98 Å². The van der Waals surface area contributed by atoms with Gasteiger partial charge < -0.3 is 10.3 Å². The smallest absolute Gasteiger partial charge is 0.107 e. The fraction of sp³-hybridized carbons (Fsp3) is 0.250. The molecule has 1 aromatic carbocycles. The number of pyridine rings is 1. The quantitative estimate of drug-likeness (QED) is 0.793. The Morgan fingerprint density at radius 1 is 1.15 bits per heavy atom. The topological polar surface area (TPSA) is 56.7 Å². The van der Waals surface area contributed by atoms with Gasteiger partial charge in [0.2, 0.25) is 0 Å². The van der Waals surface area contributed by atoms with Gasteiger partial charge in [-0.2, -0.15) is 0 Å².